The molecule has 3 nitrogen and oxygen atoms in total. The van der Waals surface area contributed by atoms with E-state index < -0.39 is 17.1 Å². The van der Waals surface area contributed by atoms with Gasteiger partial charge in [-0.3, -0.25) is 4.79 Å². The normalized spacial score (nSPS) is 11.9. The lowest BCUT2D eigenvalue weighted by atomic mass is 10.2. The van der Waals surface area contributed by atoms with Crippen LogP contribution in [0.25, 0.3) is 0 Å². The van der Waals surface area contributed by atoms with E-state index >= 15 is 0 Å². The molecule has 0 aliphatic rings. The monoisotopic (exact) mass is 260 g/mol. The molecule has 0 N–H and O–H groups in total. The molecule has 0 aliphatic heterocycles. The van der Waals surface area contributed by atoms with Gasteiger partial charge in [-0.05, 0) is 5.56 Å². The molecule has 0 fully saturated rings. The Labute approximate surface area is 103 Å². The summed E-state index contributed by atoms with van der Waals surface area (Å²) in [6.45, 7) is 0.0957. The minimum atomic E-state index is -1.32. The van der Waals surface area contributed by atoms with Gasteiger partial charge in [0, 0.05) is 0 Å². The summed E-state index contributed by atoms with van der Waals surface area (Å²) < 4.78 is 4.86. The largest absolute Gasteiger partial charge is 0.459 e. The van der Waals surface area contributed by atoms with Crippen LogP contribution in [0.2, 0.25) is 0 Å². The third-order valence-electron chi connectivity index (χ3n) is 1.85. The van der Waals surface area contributed by atoms with Gasteiger partial charge < -0.3 is 4.74 Å². The van der Waals surface area contributed by atoms with E-state index in [0.29, 0.717) is 0 Å². The number of ether oxygens (including phenoxy) is 1. The fraction of sp³-hybridized carbons (Fsp3) is 0.273. The Morgan fingerprint density at radius 1 is 1.25 bits per heavy atom. The van der Waals surface area contributed by atoms with Gasteiger partial charge in [-0.2, -0.15) is 0 Å². The van der Waals surface area contributed by atoms with Crippen molar-refractivity contribution in [2.45, 2.75) is 12.0 Å². The number of rotatable bonds is 5. The van der Waals surface area contributed by atoms with Gasteiger partial charge in [0.05, 0.1) is 5.88 Å². The summed E-state index contributed by atoms with van der Waals surface area (Å²) in [6.07, 6.45) is 0. The third-order valence-corrected chi connectivity index (χ3v) is 2.53. The number of hydrogen-bond acceptors (Lipinski definition) is 3. The molecule has 0 amide bonds. The molecule has 1 aromatic rings. The first-order chi connectivity index (χ1) is 7.65. The lowest BCUT2D eigenvalue weighted by molar-refractivity contribution is -0.146. The van der Waals surface area contributed by atoms with Crippen molar-refractivity contribution in [3.63, 3.8) is 0 Å². The minimum absolute atomic E-state index is 0.0957. The maximum absolute atomic E-state index is 11.3. The van der Waals surface area contributed by atoms with Crippen LogP contribution in [0.1, 0.15) is 5.56 Å². The predicted octanol–water partition coefficient (Wildman–Crippen LogP) is 2.15. The van der Waals surface area contributed by atoms with Crippen LogP contribution in [0.4, 0.5) is 0 Å². The van der Waals surface area contributed by atoms with Crippen LogP contribution in [0.3, 0.4) is 0 Å². The highest BCUT2D eigenvalue weighted by Gasteiger charge is 2.24. The van der Waals surface area contributed by atoms with Crippen LogP contribution in [0.15, 0.2) is 30.3 Å². The van der Waals surface area contributed by atoms with Crippen LogP contribution in [-0.4, -0.2) is 23.0 Å². The van der Waals surface area contributed by atoms with Crippen molar-refractivity contribution in [3.05, 3.63) is 35.9 Å². The van der Waals surface area contributed by atoms with Gasteiger partial charge in [-0.1, -0.05) is 30.3 Å². The van der Waals surface area contributed by atoms with E-state index in [1.165, 1.54) is 0 Å². The molecule has 0 radical (unpaired) electrons. The lowest BCUT2D eigenvalue weighted by Crippen LogP contribution is -2.27. The molecule has 0 aliphatic carbocycles. The molecule has 0 bridgehead atoms. The lowest BCUT2D eigenvalue weighted by Gasteiger charge is -2.07. The quantitative estimate of drug-likeness (QED) is 0.463. The minimum Gasteiger partial charge on any atom is -0.459 e. The Bertz CT molecular complexity index is 365. The summed E-state index contributed by atoms with van der Waals surface area (Å²) in [5.41, 5.74) is 0.832. The van der Waals surface area contributed by atoms with Gasteiger partial charge in [0.15, 0.2) is 11.2 Å². The van der Waals surface area contributed by atoms with E-state index in [1.807, 2.05) is 18.2 Å². The van der Waals surface area contributed by atoms with Crippen molar-refractivity contribution in [3.8, 4) is 0 Å². The summed E-state index contributed by atoms with van der Waals surface area (Å²) >= 11 is 10.8. The van der Waals surface area contributed by atoms with Crippen molar-refractivity contribution < 1.29 is 14.3 Å². The maximum atomic E-state index is 11.3. The van der Waals surface area contributed by atoms with Crippen LogP contribution >= 0.6 is 23.2 Å². The van der Waals surface area contributed by atoms with E-state index in [2.05, 4.69) is 0 Å². The molecule has 86 valence electrons. The Balaban J connectivity index is 2.44. The average molecular weight is 261 g/mol. The Hall–Kier alpha value is -1.06. The van der Waals surface area contributed by atoms with Crippen molar-refractivity contribution in [2.75, 3.05) is 5.88 Å². The topological polar surface area (TPSA) is 43.4 Å². The first-order valence-electron chi connectivity index (χ1n) is 4.58. The molecule has 0 spiro atoms. The van der Waals surface area contributed by atoms with E-state index in [-0.39, 0.29) is 12.5 Å². The maximum Gasteiger partial charge on any atom is 0.332 e. The molecule has 1 aromatic carbocycles. The van der Waals surface area contributed by atoms with E-state index in [1.54, 1.807) is 12.1 Å². The highest BCUT2D eigenvalue weighted by Crippen LogP contribution is 2.06. The van der Waals surface area contributed by atoms with E-state index in [9.17, 15) is 9.59 Å². The van der Waals surface area contributed by atoms with Crippen LogP contribution in [-0.2, 0) is 20.9 Å². The first kappa shape index (κ1) is 13.0. The first-order valence-corrected chi connectivity index (χ1v) is 5.55. The number of alkyl halides is 2. The molecule has 1 unspecified atom stereocenters. The van der Waals surface area contributed by atoms with Crippen LogP contribution in [0, 0.1) is 0 Å². The smallest absolute Gasteiger partial charge is 0.332 e. The van der Waals surface area contributed by atoms with E-state index in [0.717, 1.165) is 5.56 Å². The summed E-state index contributed by atoms with van der Waals surface area (Å²) in [5, 5.41) is -1.32. The summed E-state index contributed by atoms with van der Waals surface area (Å²) in [5.74, 6) is -1.62. The number of Topliss-reactive ketones (excluding diaryl/α,β-unsaturated/α-hetero) is 1. The molecule has 0 aromatic heterocycles. The zero-order chi connectivity index (χ0) is 12.0. The third kappa shape index (κ3) is 3.83. The second-order valence-electron chi connectivity index (χ2n) is 3.06. The number of esters is 1. The number of ketones is 1. The number of benzene rings is 1. The number of carbonyl (C=O) groups excluding carboxylic acids is 2. The van der Waals surface area contributed by atoms with Gasteiger partial charge in [0.25, 0.3) is 0 Å². The molecule has 1 rings (SSSR count). The molecule has 0 saturated heterocycles. The fourth-order valence-corrected chi connectivity index (χ4v) is 1.37. The Morgan fingerprint density at radius 2 is 1.88 bits per heavy atom. The standard InChI is InChI=1S/C11H10Cl2O3/c12-6-9(14)10(13)11(15)16-7-8-4-2-1-3-5-8/h1-5,10H,6-7H2. The summed E-state index contributed by atoms with van der Waals surface area (Å²) in [4.78, 5) is 22.3. The van der Waals surface area contributed by atoms with Gasteiger partial charge in [-0.25, -0.2) is 4.79 Å². The van der Waals surface area contributed by atoms with Crippen molar-refractivity contribution in [2.24, 2.45) is 0 Å². The second kappa shape index (κ2) is 6.51. The van der Waals surface area contributed by atoms with Crippen molar-refractivity contribution >= 4 is 35.0 Å². The van der Waals surface area contributed by atoms with Gasteiger partial charge in [-0.15, -0.1) is 23.2 Å². The SMILES string of the molecule is O=C(CCl)C(Cl)C(=O)OCc1ccccc1. The molecule has 0 saturated carbocycles. The van der Waals surface area contributed by atoms with Gasteiger partial charge >= 0.3 is 5.97 Å². The predicted molar refractivity (Wildman–Crippen MR) is 61.6 cm³/mol. The Kier molecular flexibility index (Phi) is 5.29. The van der Waals surface area contributed by atoms with Gasteiger partial charge in [0.1, 0.15) is 6.61 Å². The molecule has 1 atom stereocenters. The average Bonchev–Trinajstić information content (AvgIpc) is 2.35. The molecule has 16 heavy (non-hydrogen) atoms. The molecular weight excluding hydrogens is 251 g/mol. The summed E-state index contributed by atoms with van der Waals surface area (Å²) in [6, 6.07) is 9.11. The highest BCUT2D eigenvalue weighted by molar-refractivity contribution is 6.45. The molecule has 5 heteroatoms. The zero-order valence-corrected chi connectivity index (χ0v) is 9.87. The van der Waals surface area contributed by atoms with Crippen molar-refractivity contribution in [1.29, 1.82) is 0 Å². The number of hydrogen-bond donors (Lipinski definition) is 0. The van der Waals surface area contributed by atoms with Crippen LogP contribution in [0.5, 0.6) is 0 Å². The number of halogens is 2. The van der Waals surface area contributed by atoms with Crippen molar-refractivity contribution in [1.82, 2.24) is 0 Å². The highest BCUT2D eigenvalue weighted by atomic mass is 35.5. The molecular formula is C11H10Cl2O3. The molecule has 0 heterocycles. The summed E-state index contributed by atoms with van der Waals surface area (Å²) in [7, 11) is 0. The second-order valence-corrected chi connectivity index (χ2v) is 3.76. The Morgan fingerprint density at radius 3 is 2.44 bits per heavy atom. The van der Waals surface area contributed by atoms with Gasteiger partial charge in [0.2, 0.25) is 0 Å². The fourth-order valence-electron chi connectivity index (χ4n) is 1.00. The zero-order valence-electron chi connectivity index (χ0n) is 8.36. The number of carbonyl (C=O) groups is 2. The van der Waals surface area contributed by atoms with E-state index in [4.69, 9.17) is 27.9 Å². The van der Waals surface area contributed by atoms with Crippen LogP contribution < -0.4 is 0 Å².